The third kappa shape index (κ3) is 2.61. The topological polar surface area (TPSA) is 27.1 Å². The Morgan fingerprint density at radius 1 is 1.41 bits per heavy atom. The molecule has 1 aromatic carbocycles. The van der Waals surface area contributed by atoms with Crippen molar-refractivity contribution in [3.05, 3.63) is 28.9 Å². The summed E-state index contributed by atoms with van der Waals surface area (Å²) in [7, 11) is 1.72. The minimum absolute atomic E-state index is 0.760. The zero-order valence-corrected chi connectivity index (χ0v) is 11.0. The van der Waals surface area contributed by atoms with Gasteiger partial charge in [-0.1, -0.05) is 18.5 Å². The van der Waals surface area contributed by atoms with Crippen molar-refractivity contribution < 1.29 is 4.74 Å². The van der Waals surface area contributed by atoms with Gasteiger partial charge in [0, 0.05) is 30.7 Å². The van der Waals surface area contributed by atoms with Crippen LogP contribution in [0.2, 0.25) is 5.02 Å². The lowest BCUT2D eigenvalue weighted by molar-refractivity contribution is 0.189. The van der Waals surface area contributed by atoms with Gasteiger partial charge in [-0.05, 0) is 31.0 Å². The number of ether oxygens (including phenoxy) is 1. The number of aromatic nitrogens is 2. The molecular weight excluding hydrogens is 236 g/mol. The van der Waals surface area contributed by atoms with E-state index in [0.717, 1.165) is 47.6 Å². The largest absolute Gasteiger partial charge is 0.385 e. The van der Waals surface area contributed by atoms with Crippen molar-refractivity contribution in [3.63, 3.8) is 0 Å². The van der Waals surface area contributed by atoms with Crippen LogP contribution in [0, 0.1) is 0 Å². The van der Waals surface area contributed by atoms with Crippen LogP contribution < -0.4 is 0 Å². The van der Waals surface area contributed by atoms with E-state index < -0.39 is 0 Å². The predicted octanol–water partition coefficient (Wildman–Crippen LogP) is 3.29. The maximum atomic E-state index is 6.03. The number of hydrogen-bond donors (Lipinski definition) is 0. The van der Waals surface area contributed by atoms with Crippen molar-refractivity contribution in [2.24, 2.45) is 0 Å². The first-order valence-corrected chi connectivity index (χ1v) is 6.28. The number of aryl methyl sites for hydroxylation is 2. The van der Waals surface area contributed by atoms with E-state index in [4.69, 9.17) is 16.3 Å². The van der Waals surface area contributed by atoms with E-state index in [-0.39, 0.29) is 0 Å². The third-order valence-electron chi connectivity index (χ3n) is 2.84. The molecule has 0 fully saturated rings. The summed E-state index contributed by atoms with van der Waals surface area (Å²) in [5, 5.41) is 6.55. The number of rotatable bonds is 5. The molecule has 0 unspecified atom stereocenters. The number of hydrogen-bond acceptors (Lipinski definition) is 2. The fourth-order valence-corrected chi connectivity index (χ4v) is 2.18. The van der Waals surface area contributed by atoms with Gasteiger partial charge < -0.3 is 4.74 Å². The Morgan fingerprint density at radius 3 is 2.94 bits per heavy atom. The van der Waals surface area contributed by atoms with E-state index >= 15 is 0 Å². The average molecular weight is 253 g/mol. The maximum absolute atomic E-state index is 6.03. The van der Waals surface area contributed by atoms with Gasteiger partial charge >= 0.3 is 0 Å². The fraction of sp³-hybridized carbons (Fsp3) is 0.462. The first-order chi connectivity index (χ1) is 8.26. The summed E-state index contributed by atoms with van der Waals surface area (Å²) in [5.41, 5.74) is 2.27. The van der Waals surface area contributed by atoms with E-state index in [2.05, 4.69) is 12.0 Å². The van der Waals surface area contributed by atoms with Crippen LogP contribution in [0.1, 0.15) is 19.0 Å². The molecule has 0 bridgehead atoms. The highest BCUT2D eigenvalue weighted by atomic mass is 35.5. The van der Waals surface area contributed by atoms with Crippen molar-refractivity contribution >= 4 is 22.5 Å². The van der Waals surface area contributed by atoms with Gasteiger partial charge in [-0.25, -0.2) is 0 Å². The molecule has 0 saturated heterocycles. The molecule has 0 aliphatic rings. The van der Waals surface area contributed by atoms with Crippen LogP contribution in [-0.4, -0.2) is 23.5 Å². The molecule has 0 atom stereocenters. The van der Waals surface area contributed by atoms with Crippen LogP contribution in [-0.2, 0) is 17.7 Å². The Hall–Kier alpha value is -1.06. The molecule has 17 heavy (non-hydrogen) atoms. The average Bonchev–Trinajstić information content (AvgIpc) is 2.67. The normalized spacial score (nSPS) is 11.2. The molecule has 0 aliphatic carbocycles. The van der Waals surface area contributed by atoms with E-state index in [0.29, 0.717) is 0 Å². The second kappa shape index (κ2) is 5.52. The van der Waals surface area contributed by atoms with Gasteiger partial charge in [0.1, 0.15) is 0 Å². The highest BCUT2D eigenvalue weighted by Gasteiger charge is 2.09. The van der Waals surface area contributed by atoms with Crippen LogP contribution >= 0.6 is 11.6 Å². The lowest BCUT2D eigenvalue weighted by Gasteiger charge is -2.02. The molecule has 2 aromatic rings. The first-order valence-electron chi connectivity index (χ1n) is 5.90. The summed E-state index contributed by atoms with van der Waals surface area (Å²) in [6, 6.07) is 5.95. The molecule has 1 heterocycles. The molecule has 0 spiro atoms. The number of methoxy groups -OCH3 is 1. The second-order valence-electron chi connectivity index (χ2n) is 4.03. The third-order valence-corrected chi connectivity index (χ3v) is 3.08. The van der Waals surface area contributed by atoms with Gasteiger partial charge in [0.2, 0.25) is 0 Å². The van der Waals surface area contributed by atoms with Crippen molar-refractivity contribution in [1.29, 1.82) is 0 Å². The summed E-state index contributed by atoms with van der Waals surface area (Å²) >= 11 is 6.03. The molecular formula is C13H17ClN2O. The minimum atomic E-state index is 0.760. The van der Waals surface area contributed by atoms with Gasteiger partial charge in [0.05, 0.1) is 11.2 Å². The molecule has 92 valence electrons. The van der Waals surface area contributed by atoms with Gasteiger partial charge in [-0.15, -0.1) is 0 Å². The minimum Gasteiger partial charge on any atom is -0.385 e. The van der Waals surface area contributed by atoms with E-state index in [1.54, 1.807) is 7.11 Å². The Balaban J connectivity index is 2.35. The number of halogens is 1. The Bertz CT molecular complexity index is 507. The molecule has 3 nitrogen and oxygen atoms in total. The zero-order valence-electron chi connectivity index (χ0n) is 10.2. The quantitative estimate of drug-likeness (QED) is 0.764. The van der Waals surface area contributed by atoms with E-state index in [9.17, 15) is 0 Å². The Labute approximate surface area is 106 Å². The SMILES string of the molecule is CCc1nn(CCCOC)c2ccc(Cl)cc12. The Kier molecular flexibility index (Phi) is 4.02. The maximum Gasteiger partial charge on any atom is 0.0701 e. The lowest BCUT2D eigenvalue weighted by atomic mass is 10.2. The van der Waals surface area contributed by atoms with Crippen molar-refractivity contribution in [2.45, 2.75) is 26.3 Å². The zero-order chi connectivity index (χ0) is 12.3. The molecule has 4 heteroatoms. The van der Waals surface area contributed by atoms with Crippen molar-refractivity contribution in [3.8, 4) is 0 Å². The standard InChI is InChI=1S/C13H17ClN2O/c1-3-12-11-9-10(14)5-6-13(11)16(15-12)7-4-8-17-2/h5-6,9H,3-4,7-8H2,1-2H3. The highest BCUT2D eigenvalue weighted by molar-refractivity contribution is 6.31. The predicted molar refractivity (Wildman–Crippen MR) is 70.6 cm³/mol. The summed E-state index contributed by atoms with van der Waals surface area (Å²) in [6.45, 7) is 3.75. The van der Waals surface area contributed by atoms with Crippen LogP contribution in [0.25, 0.3) is 10.9 Å². The second-order valence-corrected chi connectivity index (χ2v) is 4.47. The molecule has 1 aromatic heterocycles. The van der Waals surface area contributed by atoms with E-state index in [1.807, 2.05) is 22.9 Å². The number of nitrogens with zero attached hydrogens (tertiary/aromatic N) is 2. The molecule has 0 saturated carbocycles. The summed E-state index contributed by atoms with van der Waals surface area (Å²) in [6.07, 6.45) is 1.90. The van der Waals surface area contributed by atoms with Gasteiger partial charge in [-0.3, -0.25) is 4.68 Å². The molecule has 0 radical (unpaired) electrons. The smallest absolute Gasteiger partial charge is 0.0701 e. The van der Waals surface area contributed by atoms with Crippen molar-refractivity contribution in [2.75, 3.05) is 13.7 Å². The van der Waals surface area contributed by atoms with Gasteiger partial charge in [-0.2, -0.15) is 5.10 Å². The summed E-state index contributed by atoms with van der Waals surface area (Å²) in [4.78, 5) is 0. The summed E-state index contributed by atoms with van der Waals surface area (Å²) in [5.74, 6) is 0. The van der Waals surface area contributed by atoms with Gasteiger partial charge in [0.15, 0.2) is 0 Å². The monoisotopic (exact) mass is 252 g/mol. The highest BCUT2D eigenvalue weighted by Crippen LogP contribution is 2.23. The Morgan fingerprint density at radius 2 is 2.24 bits per heavy atom. The van der Waals surface area contributed by atoms with Crippen LogP contribution in [0.5, 0.6) is 0 Å². The fourth-order valence-electron chi connectivity index (χ4n) is 2.01. The number of benzene rings is 1. The molecule has 2 rings (SSSR count). The van der Waals surface area contributed by atoms with Crippen molar-refractivity contribution in [1.82, 2.24) is 9.78 Å². The molecule has 0 amide bonds. The number of fused-ring (bicyclic) bond motifs is 1. The molecule has 0 N–H and O–H groups in total. The summed E-state index contributed by atoms with van der Waals surface area (Å²) < 4.78 is 7.11. The lowest BCUT2D eigenvalue weighted by Crippen LogP contribution is -2.03. The molecule has 0 aliphatic heterocycles. The van der Waals surface area contributed by atoms with Crippen LogP contribution in [0.3, 0.4) is 0 Å². The first kappa shape index (κ1) is 12.4. The van der Waals surface area contributed by atoms with Gasteiger partial charge in [0.25, 0.3) is 0 Å². The van der Waals surface area contributed by atoms with E-state index in [1.165, 1.54) is 0 Å². The van der Waals surface area contributed by atoms with Crippen LogP contribution in [0.15, 0.2) is 18.2 Å². The van der Waals surface area contributed by atoms with Crippen LogP contribution in [0.4, 0.5) is 0 Å².